The summed E-state index contributed by atoms with van der Waals surface area (Å²) in [6, 6.07) is 8.28. The molecular weight excluding hydrogens is 400 g/mol. The number of hydrogen-bond acceptors (Lipinski definition) is 6. The van der Waals surface area contributed by atoms with E-state index in [-0.39, 0.29) is 29.5 Å². The zero-order valence-electron chi connectivity index (χ0n) is 17.9. The summed E-state index contributed by atoms with van der Waals surface area (Å²) >= 11 is 0. The van der Waals surface area contributed by atoms with Gasteiger partial charge in [0.05, 0.1) is 14.2 Å². The van der Waals surface area contributed by atoms with Crippen molar-refractivity contribution in [3.63, 3.8) is 0 Å². The Morgan fingerprint density at radius 1 is 1.13 bits per heavy atom. The van der Waals surface area contributed by atoms with Crippen molar-refractivity contribution in [1.82, 2.24) is 4.90 Å². The van der Waals surface area contributed by atoms with E-state index in [0.29, 0.717) is 23.4 Å². The van der Waals surface area contributed by atoms with Crippen LogP contribution >= 0.6 is 0 Å². The molecule has 4 rings (SSSR count). The van der Waals surface area contributed by atoms with Crippen molar-refractivity contribution in [1.29, 1.82) is 0 Å². The van der Waals surface area contributed by atoms with Gasteiger partial charge in [-0.3, -0.25) is 14.5 Å². The van der Waals surface area contributed by atoms with E-state index in [4.69, 9.17) is 14.2 Å². The second kappa shape index (κ2) is 7.94. The predicted molar refractivity (Wildman–Crippen MR) is 112 cm³/mol. The van der Waals surface area contributed by atoms with Crippen LogP contribution in [0.5, 0.6) is 11.5 Å². The first kappa shape index (κ1) is 20.7. The molecule has 8 nitrogen and oxygen atoms in total. The van der Waals surface area contributed by atoms with Gasteiger partial charge < -0.3 is 19.5 Å². The summed E-state index contributed by atoms with van der Waals surface area (Å²) in [5, 5.41) is 2.91. The topological polar surface area (TPSA) is 94.2 Å². The summed E-state index contributed by atoms with van der Waals surface area (Å²) in [6.45, 7) is 3.89. The van der Waals surface area contributed by atoms with Crippen molar-refractivity contribution in [2.75, 3.05) is 19.5 Å². The Bertz CT molecular complexity index is 1080. The minimum absolute atomic E-state index is 0.196. The lowest BCUT2D eigenvalue weighted by Gasteiger charge is -2.29. The molecule has 1 fully saturated rings. The van der Waals surface area contributed by atoms with Crippen LogP contribution in [0.3, 0.4) is 0 Å². The molecule has 2 aliphatic heterocycles. The molecule has 2 aliphatic rings. The standard InChI is InChI=1S/C23H24N2O6/c1-12-5-7-15(13(2)11-12)24-21(27)16-8-10-18(26)25(16)22-14-6-9-17(29-3)20(30-4)19(14)23(28)31-22/h5-7,9,11,16,22H,8,10H2,1-4H3,(H,24,27)/t16-,22-/m1/s1. The Labute approximate surface area is 180 Å². The van der Waals surface area contributed by atoms with Gasteiger partial charge in [0, 0.05) is 17.7 Å². The van der Waals surface area contributed by atoms with Crippen molar-refractivity contribution in [2.45, 2.75) is 39.0 Å². The molecule has 0 unspecified atom stereocenters. The number of fused-ring (bicyclic) bond motifs is 1. The zero-order valence-corrected chi connectivity index (χ0v) is 17.9. The van der Waals surface area contributed by atoms with Gasteiger partial charge in [-0.2, -0.15) is 0 Å². The number of carbonyl (C=O) groups excluding carboxylic acids is 3. The molecule has 1 N–H and O–H groups in total. The van der Waals surface area contributed by atoms with Gasteiger partial charge in [0.15, 0.2) is 11.5 Å². The van der Waals surface area contributed by atoms with Crippen LogP contribution in [0.25, 0.3) is 0 Å². The molecule has 31 heavy (non-hydrogen) atoms. The maximum Gasteiger partial charge on any atom is 0.344 e. The smallest absolute Gasteiger partial charge is 0.344 e. The lowest BCUT2D eigenvalue weighted by molar-refractivity contribution is -0.144. The maximum atomic E-state index is 13.1. The molecule has 1 saturated heterocycles. The summed E-state index contributed by atoms with van der Waals surface area (Å²) in [6.07, 6.45) is -0.458. The molecule has 2 heterocycles. The van der Waals surface area contributed by atoms with Crippen molar-refractivity contribution < 1.29 is 28.6 Å². The summed E-state index contributed by atoms with van der Waals surface area (Å²) < 4.78 is 16.2. The van der Waals surface area contributed by atoms with E-state index in [9.17, 15) is 14.4 Å². The van der Waals surface area contributed by atoms with Crippen LogP contribution in [-0.2, 0) is 14.3 Å². The SMILES string of the molecule is COc1ccc2c(c1OC)C(=O)O[C@H]2N1C(=O)CC[C@@H]1C(=O)Nc1ccc(C)cc1C. The number of nitrogens with one attached hydrogen (secondary N) is 1. The van der Waals surface area contributed by atoms with E-state index >= 15 is 0 Å². The third kappa shape index (κ3) is 3.48. The molecule has 0 spiro atoms. The van der Waals surface area contributed by atoms with Crippen LogP contribution in [0.15, 0.2) is 30.3 Å². The Morgan fingerprint density at radius 2 is 1.90 bits per heavy atom. The molecule has 0 saturated carbocycles. The van der Waals surface area contributed by atoms with Crippen LogP contribution < -0.4 is 14.8 Å². The normalized spacial score (nSPS) is 19.8. The highest BCUT2D eigenvalue weighted by Crippen LogP contribution is 2.45. The van der Waals surface area contributed by atoms with E-state index in [2.05, 4.69) is 5.32 Å². The highest BCUT2D eigenvalue weighted by Gasteiger charge is 2.47. The van der Waals surface area contributed by atoms with Gasteiger partial charge in [0.2, 0.25) is 18.0 Å². The summed E-state index contributed by atoms with van der Waals surface area (Å²) in [7, 11) is 2.90. The van der Waals surface area contributed by atoms with Crippen molar-refractivity contribution in [2.24, 2.45) is 0 Å². The number of amides is 2. The minimum atomic E-state index is -0.993. The number of carbonyl (C=O) groups is 3. The van der Waals surface area contributed by atoms with Crippen LogP contribution in [0.4, 0.5) is 5.69 Å². The molecule has 0 radical (unpaired) electrons. The summed E-state index contributed by atoms with van der Waals surface area (Å²) in [5.41, 5.74) is 3.39. The number of likely N-dealkylation sites (tertiary alicyclic amines) is 1. The number of cyclic esters (lactones) is 1. The molecule has 0 bridgehead atoms. The molecule has 2 amide bonds. The Kier molecular flexibility index (Phi) is 5.31. The molecule has 0 aliphatic carbocycles. The number of rotatable bonds is 5. The minimum Gasteiger partial charge on any atom is -0.493 e. The van der Waals surface area contributed by atoms with Gasteiger partial charge in [-0.05, 0) is 44.0 Å². The van der Waals surface area contributed by atoms with Crippen LogP contribution in [-0.4, -0.2) is 42.9 Å². The molecular formula is C23H24N2O6. The number of benzene rings is 2. The third-order valence-corrected chi connectivity index (χ3v) is 5.72. The number of hydrogen-bond donors (Lipinski definition) is 1. The van der Waals surface area contributed by atoms with E-state index < -0.39 is 18.2 Å². The largest absolute Gasteiger partial charge is 0.493 e. The number of ether oxygens (including phenoxy) is 3. The molecule has 8 heteroatoms. The number of aryl methyl sites for hydroxylation is 2. The highest BCUT2D eigenvalue weighted by atomic mass is 16.6. The Balaban J connectivity index is 1.65. The number of nitrogens with zero attached hydrogens (tertiary/aromatic N) is 1. The zero-order chi connectivity index (χ0) is 22.3. The second-order valence-corrected chi connectivity index (χ2v) is 7.69. The average molecular weight is 424 g/mol. The monoisotopic (exact) mass is 424 g/mol. The van der Waals surface area contributed by atoms with Crippen LogP contribution in [0.1, 0.15) is 46.1 Å². The third-order valence-electron chi connectivity index (χ3n) is 5.72. The first-order valence-electron chi connectivity index (χ1n) is 10.0. The number of anilines is 1. The first-order chi connectivity index (χ1) is 14.8. The van der Waals surface area contributed by atoms with Gasteiger partial charge in [-0.1, -0.05) is 17.7 Å². The van der Waals surface area contributed by atoms with Crippen molar-refractivity contribution >= 4 is 23.5 Å². The number of methoxy groups -OCH3 is 2. The van der Waals surface area contributed by atoms with E-state index in [0.717, 1.165) is 11.1 Å². The molecule has 2 aromatic carbocycles. The lowest BCUT2D eigenvalue weighted by Crippen LogP contribution is -2.44. The molecule has 0 aromatic heterocycles. The van der Waals surface area contributed by atoms with Gasteiger partial charge >= 0.3 is 5.97 Å². The first-order valence-corrected chi connectivity index (χ1v) is 10.0. The average Bonchev–Trinajstić information content (AvgIpc) is 3.29. The molecule has 2 aromatic rings. The summed E-state index contributed by atoms with van der Waals surface area (Å²) in [4.78, 5) is 39.8. The van der Waals surface area contributed by atoms with Crippen molar-refractivity contribution in [3.8, 4) is 11.5 Å². The van der Waals surface area contributed by atoms with Crippen LogP contribution in [0.2, 0.25) is 0 Å². The maximum absolute atomic E-state index is 13.1. The Morgan fingerprint density at radius 3 is 2.58 bits per heavy atom. The lowest BCUT2D eigenvalue weighted by atomic mass is 10.0. The van der Waals surface area contributed by atoms with Gasteiger partial charge in [-0.25, -0.2) is 4.79 Å². The molecule has 162 valence electrons. The Hall–Kier alpha value is -3.55. The van der Waals surface area contributed by atoms with Crippen LogP contribution in [0, 0.1) is 13.8 Å². The predicted octanol–water partition coefficient (Wildman–Crippen LogP) is 3.12. The van der Waals surface area contributed by atoms with Crippen molar-refractivity contribution in [3.05, 3.63) is 52.6 Å². The van der Waals surface area contributed by atoms with E-state index in [1.165, 1.54) is 19.1 Å². The fourth-order valence-electron chi connectivity index (χ4n) is 4.21. The molecule has 2 atom stereocenters. The highest BCUT2D eigenvalue weighted by molar-refractivity contribution is 6.01. The quantitative estimate of drug-likeness (QED) is 0.742. The van der Waals surface area contributed by atoms with Gasteiger partial charge in [-0.15, -0.1) is 0 Å². The van der Waals surface area contributed by atoms with E-state index in [1.807, 2.05) is 32.0 Å². The number of esters is 1. The fourth-order valence-corrected chi connectivity index (χ4v) is 4.21. The second-order valence-electron chi connectivity index (χ2n) is 7.69. The van der Waals surface area contributed by atoms with Gasteiger partial charge in [0.25, 0.3) is 0 Å². The summed E-state index contributed by atoms with van der Waals surface area (Å²) in [5.74, 6) is -0.556. The van der Waals surface area contributed by atoms with Gasteiger partial charge in [0.1, 0.15) is 11.6 Å². The fraction of sp³-hybridized carbons (Fsp3) is 0.348. The van der Waals surface area contributed by atoms with E-state index in [1.54, 1.807) is 12.1 Å².